The van der Waals surface area contributed by atoms with Gasteiger partial charge in [0.05, 0.1) is 18.6 Å². The summed E-state index contributed by atoms with van der Waals surface area (Å²) < 4.78 is 6.10. The summed E-state index contributed by atoms with van der Waals surface area (Å²) in [5, 5.41) is 14.3. The number of nitrogens with zero attached hydrogens (tertiary/aromatic N) is 3. The van der Waals surface area contributed by atoms with E-state index in [2.05, 4.69) is 60.3 Å². The molecule has 0 aromatic carbocycles. The molecule has 0 aliphatic rings. The highest BCUT2D eigenvalue weighted by Gasteiger charge is 2.18. The van der Waals surface area contributed by atoms with Crippen molar-refractivity contribution in [2.75, 3.05) is 47.4 Å². The molecule has 34 heavy (non-hydrogen) atoms. The van der Waals surface area contributed by atoms with Gasteiger partial charge in [-0.25, -0.2) is 4.99 Å². The summed E-state index contributed by atoms with van der Waals surface area (Å²) >= 11 is 6.02. The fourth-order valence-corrected chi connectivity index (χ4v) is 3.92. The number of hydrogen-bond donors (Lipinski definition) is 3. The van der Waals surface area contributed by atoms with Crippen LogP contribution in [0.25, 0.3) is 0 Å². The van der Waals surface area contributed by atoms with E-state index in [1.807, 2.05) is 6.92 Å². The average molecular weight is 499 g/mol. The van der Waals surface area contributed by atoms with E-state index in [1.165, 1.54) is 38.6 Å². The Kier molecular flexibility index (Phi) is 19.8. The highest BCUT2D eigenvalue weighted by Crippen LogP contribution is 2.20. The van der Waals surface area contributed by atoms with Crippen LogP contribution in [0.2, 0.25) is 0 Å². The second-order valence-corrected chi connectivity index (χ2v) is 9.13. The second-order valence-electron chi connectivity index (χ2n) is 8.73. The van der Waals surface area contributed by atoms with Crippen molar-refractivity contribution in [1.82, 2.24) is 20.4 Å². The van der Waals surface area contributed by atoms with Gasteiger partial charge < -0.3 is 25.2 Å². The summed E-state index contributed by atoms with van der Waals surface area (Å²) in [5.41, 5.74) is 1.03. The number of halogens is 1. The lowest BCUT2D eigenvalue weighted by atomic mass is 10.1. The summed E-state index contributed by atoms with van der Waals surface area (Å²) in [6.07, 6.45) is 11.9. The number of hydrogen-bond acceptors (Lipinski definition) is 5. The first-order chi connectivity index (χ1) is 16.3. The lowest BCUT2D eigenvalue weighted by Gasteiger charge is -2.29. The largest absolute Gasteiger partial charge is 0.496 e. The standard InChI is InChI=1S/C26H51ClN6O/c1-8-12-13-16-32(6)17-14-18-33(7)22(10-3)19-25(34-11-4)24(15-9-2)30-21-31-26(28)23(27)20-29-5/h20-22,29H,8-19H2,1-7H3,(H2,28,30,31)/b23-20?,25-24-/t22-/m1/s1. The summed E-state index contributed by atoms with van der Waals surface area (Å²) in [6.45, 7) is 12.7. The first-order valence-electron chi connectivity index (χ1n) is 13.0. The minimum absolute atomic E-state index is 0.00292. The average Bonchev–Trinajstić information content (AvgIpc) is 2.81. The molecule has 0 spiro atoms. The van der Waals surface area contributed by atoms with Crippen molar-refractivity contribution in [3.8, 4) is 0 Å². The lowest BCUT2D eigenvalue weighted by molar-refractivity contribution is 0.163. The summed E-state index contributed by atoms with van der Waals surface area (Å²) in [5.74, 6) is 0.984. The first kappa shape index (κ1) is 32.4. The lowest BCUT2D eigenvalue weighted by Crippen LogP contribution is -2.35. The first-order valence-corrected chi connectivity index (χ1v) is 13.4. The number of ether oxygens (including phenoxy) is 1. The van der Waals surface area contributed by atoms with Gasteiger partial charge in [0.2, 0.25) is 0 Å². The highest BCUT2D eigenvalue weighted by molar-refractivity contribution is 6.43. The van der Waals surface area contributed by atoms with Crippen molar-refractivity contribution >= 4 is 23.8 Å². The Hall–Kier alpha value is -1.57. The Morgan fingerprint density at radius 3 is 2.35 bits per heavy atom. The van der Waals surface area contributed by atoms with E-state index in [1.54, 1.807) is 13.2 Å². The molecular formula is C26H51ClN6O. The zero-order chi connectivity index (χ0) is 25.8. The molecule has 0 rings (SSSR count). The molecule has 0 bridgehead atoms. The predicted octanol–water partition coefficient (Wildman–Crippen LogP) is 5.54. The molecule has 3 N–H and O–H groups in total. The van der Waals surface area contributed by atoms with Crippen LogP contribution < -0.4 is 10.6 Å². The number of rotatable bonds is 20. The van der Waals surface area contributed by atoms with Crippen LogP contribution in [0.5, 0.6) is 0 Å². The normalized spacial score (nSPS) is 14.0. The number of aliphatic imine (C=N–C) groups is 1. The fraction of sp³-hybridized carbons (Fsp3) is 0.769. The topological polar surface area (TPSA) is 76.0 Å². The smallest absolute Gasteiger partial charge is 0.166 e. The van der Waals surface area contributed by atoms with Crippen LogP contribution in [0.1, 0.15) is 79.1 Å². The van der Waals surface area contributed by atoms with E-state index in [0.717, 1.165) is 50.2 Å². The number of nitrogens with one attached hydrogen (secondary N) is 3. The Balaban J connectivity index is 5.15. The van der Waals surface area contributed by atoms with Crippen molar-refractivity contribution in [1.29, 1.82) is 5.41 Å². The molecule has 0 saturated heterocycles. The highest BCUT2D eigenvalue weighted by atomic mass is 35.5. The van der Waals surface area contributed by atoms with Crippen LogP contribution in [-0.2, 0) is 4.74 Å². The third-order valence-electron chi connectivity index (χ3n) is 5.79. The molecule has 0 aromatic rings. The molecule has 0 aliphatic heterocycles. The molecule has 198 valence electrons. The third-order valence-corrected chi connectivity index (χ3v) is 6.08. The Morgan fingerprint density at radius 2 is 1.76 bits per heavy atom. The number of amidine groups is 1. The molecule has 0 fully saturated rings. The monoisotopic (exact) mass is 498 g/mol. The summed E-state index contributed by atoms with van der Waals surface area (Å²) in [7, 11) is 6.19. The van der Waals surface area contributed by atoms with E-state index in [0.29, 0.717) is 12.6 Å². The third kappa shape index (κ3) is 14.6. The quantitative estimate of drug-likeness (QED) is 0.0888. The van der Waals surface area contributed by atoms with Gasteiger partial charge in [-0.05, 0) is 66.3 Å². The van der Waals surface area contributed by atoms with E-state index in [-0.39, 0.29) is 10.9 Å². The SMILES string of the molecule is CCCCCN(C)CCCN(C)[C@H](CC)C/C(OCC)=C(\CCC)NC=NC(=N)C(Cl)=CNC. The van der Waals surface area contributed by atoms with Gasteiger partial charge in [-0.1, -0.05) is 51.6 Å². The fourth-order valence-electron chi connectivity index (χ4n) is 3.76. The van der Waals surface area contributed by atoms with Crippen molar-refractivity contribution < 1.29 is 4.74 Å². The van der Waals surface area contributed by atoms with Gasteiger partial charge in [0.1, 0.15) is 10.8 Å². The molecule has 0 amide bonds. The van der Waals surface area contributed by atoms with Crippen molar-refractivity contribution in [3.63, 3.8) is 0 Å². The van der Waals surface area contributed by atoms with Crippen molar-refractivity contribution in [2.45, 2.75) is 85.1 Å². The molecule has 0 radical (unpaired) electrons. The molecule has 0 aromatic heterocycles. The number of unbranched alkanes of at least 4 members (excludes halogenated alkanes) is 2. The summed E-state index contributed by atoms with van der Waals surface area (Å²) in [4.78, 5) is 9.05. The molecule has 0 saturated carbocycles. The van der Waals surface area contributed by atoms with Gasteiger partial charge in [-0.15, -0.1) is 0 Å². The van der Waals surface area contributed by atoms with E-state index >= 15 is 0 Å². The molecule has 0 unspecified atom stereocenters. The molecular weight excluding hydrogens is 448 g/mol. The van der Waals surface area contributed by atoms with Crippen LogP contribution in [0.4, 0.5) is 0 Å². The van der Waals surface area contributed by atoms with E-state index < -0.39 is 0 Å². The van der Waals surface area contributed by atoms with Gasteiger partial charge in [0, 0.05) is 25.7 Å². The van der Waals surface area contributed by atoms with Crippen LogP contribution in [-0.4, -0.2) is 75.4 Å². The van der Waals surface area contributed by atoms with Crippen LogP contribution >= 0.6 is 11.6 Å². The molecule has 0 heterocycles. The van der Waals surface area contributed by atoms with Crippen molar-refractivity contribution in [2.24, 2.45) is 4.99 Å². The minimum Gasteiger partial charge on any atom is -0.496 e. The minimum atomic E-state index is 0.00292. The van der Waals surface area contributed by atoms with Crippen LogP contribution in [0.3, 0.4) is 0 Å². The maximum atomic E-state index is 7.94. The Morgan fingerprint density at radius 1 is 1.06 bits per heavy atom. The van der Waals surface area contributed by atoms with Gasteiger partial charge in [0.15, 0.2) is 5.84 Å². The molecule has 8 heteroatoms. The zero-order valence-corrected chi connectivity index (χ0v) is 23.6. The van der Waals surface area contributed by atoms with Gasteiger partial charge in [0.25, 0.3) is 0 Å². The van der Waals surface area contributed by atoms with Gasteiger partial charge >= 0.3 is 0 Å². The van der Waals surface area contributed by atoms with E-state index in [4.69, 9.17) is 21.7 Å². The molecule has 1 atom stereocenters. The second kappa shape index (κ2) is 20.8. The zero-order valence-electron chi connectivity index (χ0n) is 22.8. The van der Waals surface area contributed by atoms with E-state index in [9.17, 15) is 0 Å². The van der Waals surface area contributed by atoms with Crippen molar-refractivity contribution in [3.05, 3.63) is 22.7 Å². The Bertz CT molecular complexity index is 635. The Labute approximate surface area is 214 Å². The predicted molar refractivity (Wildman–Crippen MR) is 149 cm³/mol. The summed E-state index contributed by atoms with van der Waals surface area (Å²) in [6, 6.07) is 0.406. The molecule has 0 aliphatic carbocycles. The van der Waals surface area contributed by atoms with Gasteiger partial charge in [-0.2, -0.15) is 0 Å². The van der Waals surface area contributed by atoms with Crippen LogP contribution in [0.15, 0.2) is 27.7 Å². The maximum Gasteiger partial charge on any atom is 0.166 e. The van der Waals surface area contributed by atoms with Gasteiger partial charge in [-0.3, -0.25) is 5.41 Å². The van der Waals surface area contributed by atoms with Crippen LogP contribution in [0, 0.1) is 5.41 Å². The number of allylic oxidation sites excluding steroid dienone is 1. The molecule has 7 nitrogen and oxygen atoms in total. The maximum absolute atomic E-state index is 7.94.